The molecule has 1 N–H and O–H groups in total. The fourth-order valence-corrected chi connectivity index (χ4v) is 1.95. The van der Waals surface area contributed by atoms with E-state index in [0.717, 1.165) is 15.5 Å². The van der Waals surface area contributed by atoms with Crippen LogP contribution in [0.3, 0.4) is 0 Å². The van der Waals surface area contributed by atoms with E-state index in [4.69, 9.17) is 0 Å². The number of sulfonamides is 1. The third kappa shape index (κ3) is 4.67. The zero-order chi connectivity index (χ0) is 13.8. The van der Waals surface area contributed by atoms with E-state index in [1.54, 1.807) is 23.9 Å². The molecule has 0 heterocycles. The van der Waals surface area contributed by atoms with Gasteiger partial charge in [0.05, 0.1) is 12.8 Å². The number of anilines is 1. The summed E-state index contributed by atoms with van der Waals surface area (Å²) in [6.45, 7) is -0.191. The number of hydrogen-bond acceptors (Lipinski definition) is 4. The van der Waals surface area contributed by atoms with Crippen molar-refractivity contribution in [3.8, 4) is 0 Å². The number of carbonyl (C=O) groups excluding carboxylic acids is 1. The van der Waals surface area contributed by atoms with E-state index >= 15 is 0 Å². The Hall–Kier alpha value is -1.05. The number of benzene rings is 1. The first-order valence-corrected chi connectivity index (χ1v) is 8.25. The molecular weight excluding hydrogens is 272 g/mol. The molecule has 0 fully saturated rings. The van der Waals surface area contributed by atoms with E-state index in [1.165, 1.54) is 7.05 Å². The minimum Gasteiger partial charge on any atom is -0.325 e. The standard InChI is InChI=1S/C11H16N2O3S2/c1-13(18(3,15)16)8-11(14)12-9-4-6-10(17-2)7-5-9/h4-7H,8H2,1-3H3,(H,12,14). The highest BCUT2D eigenvalue weighted by atomic mass is 32.2. The number of hydrogen-bond donors (Lipinski definition) is 1. The van der Waals surface area contributed by atoms with Crippen LogP contribution in [0, 0.1) is 0 Å². The van der Waals surface area contributed by atoms with Gasteiger partial charge in [-0.2, -0.15) is 4.31 Å². The Balaban J connectivity index is 2.59. The lowest BCUT2D eigenvalue weighted by Crippen LogP contribution is -2.34. The quantitative estimate of drug-likeness (QED) is 0.828. The first-order chi connectivity index (χ1) is 8.32. The minimum atomic E-state index is -3.33. The summed E-state index contributed by atoms with van der Waals surface area (Å²) in [5.41, 5.74) is 0.653. The summed E-state index contributed by atoms with van der Waals surface area (Å²) >= 11 is 1.61. The van der Waals surface area contributed by atoms with Crippen LogP contribution in [-0.2, 0) is 14.8 Å². The Labute approximate surface area is 112 Å². The molecule has 1 rings (SSSR count). The first-order valence-electron chi connectivity index (χ1n) is 5.18. The lowest BCUT2D eigenvalue weighted by atomic mass is 10.3. The van der Waals surface area contributed by atoms with Crippen LogP contribution in [0.5, 0.6) is 0 Å². The molecule has 0 aromatic heterocycles. The molecule has 0 radical (unpaired) electrons. The molecule has 1 aromatic rings. The van der Waals surface area contributed by atoms with E-state index in [-0.39, 0.29) is 12.5 Å². The van der Waals surface area contributed by atoms with E-state index in [2.05, 4.69) is 5.32 Å². The van der Waals surface area contributed by atoms with Crippen molar-refractivity contribution >= 4 is 33.4 Å². The molecule has 0 aliphatic heterocycles. The molecule has 1 amide bonds. The highest BCUT2D eigenvalue weighted by Crippen LogP contribution is 2.17. The number of likely N-dealkylation sites (N-methyl/N-ethyl adjacent to an activating group) is 1. The SMILES string of the molecule is CSc1ccc(NC(=O)CN(C)S(C)(=O)=O)cc1. The van der Waals surface area contributed by atoms with Crippen molar-refractivity contribution < 1.29 is 13.2 Å². The van der Waals surface area contributed by atoms with E-state index < -0.39 is 10.0 Å². The number of rotatable bonds is 5. The molecular formula is C11H16N2O3S2. The summed E-state index contributed by atoms with van der Waals surface area (Å²) in [5.74, 6) is -0.361. The van der Waals surface area contributed by atoms with Crippen molar-refractivity contribution in [3.63, 3.8) is 0 Å². The number of carbonyl (C=O) groups is 1. The molecule has 1 aromatic carbocycles. The highest BCUT2D eigenvalue weighted by Gasteiger charge is 2.14. The summed E-state index contributed by atoms with van der Waals surface area (Å²) in [7, 11) is -1.96. The van der Waals surface area contributed by atoms with Crippen molar-refractivity contribution in [1.82, 2.24) is 4.31 Å². The van der Waals surface area contributed by atoms with Gasteiger partial charge in [0.25, 0.3) is 0 Å². The van der Waals surface area contributed by atoms with Gasteiger partial charge >= 0.3 is 0 Å². The first kappa shape index (κ1) is 15.0. The van der Waals surface area contributed by atoms with Crippen LogP contribution in [0.2, 0.25) is 0 Å². The lowest BCUT2D eigenvalue weighted by Gasteiger charge is -2.13. The number of thioether (sulfide) groups is 1. The normalized spacial score (nSPS) is 11.6. The zero-order valence-electron chi connectivity index (χ0n) is 10.5. The molecule has 0 saturated carbocycles. The van der Waals surface area contributed by atoms with Gasteiger partial charge in [0, 0.05) is 17.6 Å². The van der Waals surface area contributed by atoms with Gasteiger partial charge in [0.2, 0.25) is 15.9 Å². The molecule has 0 saturated heterocycles. The average Bonchev–Trinajstić information content (AvgIpc) is 2.28. The Morgan fingerprint density at radius 2 is 1.89 bits per heavy atom. The highest BCUT2D eigenvalue weighted by molar-refractivity contribution is 7.98. The van der Waals surface area contributed by atoms with Crippen LogP contribution >= 0.6 is 11.8 Å². The third-order valence-electron chi connectivity index (χ3n) is 2.31. The maximum absolute atomic E-state index is 11.6. The van der Waals surface area contributed by atoms with Gasteiger partial charge < -0.3 is 5.32 Å². The van der Waals surface area contributed by atoms with Gasteiger partial charge in [-0.05, 0) is 30.5 Å². The molecule has 5 nitrogen and oxygen atoms in total. The van der Waals surface area contributed by atoms with E-state index in [9.17, 15) is 13.2 Å². The van der Waals surface area contributed by atoms with Gasteiger partial charge in [0.15, 0.2) is 0 Å². The van der Waals surface area contributed by atoms with Crippen molar-refractivity contribution in [1.29, 1.82) is 0 Å². The largest absolute Gasteiger partial charge is 0.325 e. The van der Waals surface area contributed by atoms with Crippen molar-refractivity contribution in [3.05, 3.63) is 24.3 Å². The number of nitrogens with zero attached hydrogens (tertiary/aromatic N) is 1. The number of amides is 1. The molecule has 0 aliphatic rings. The van der Waals surface area contributed by atoms with Crippen LogP contribution in [0.4, 0.5) is 5.69 Å². The fourth-order valence-electron chi connectivity index (χ4n) is 1.19. The Kier molecular flexibility index (Phi) is 5.18. The smallest absolute Gasteiger partial charge is 0.239 e. The zero-order valence-corrected chi connectivity index (χ0v) is 12.1. The van der Waals surface area contributed by atoms with Crippen molar-refractivity contribution in [2.75, 3.05) is 31.4 Å². The van der Waals surface area contributed by atoms with Gasteiger partial charge in [-0.1, -0.05) is 0 Å². The predicted octanol–water partition coefficient (Wildman–Crippen LogP) is 1.24. The van der Waals surface area contributed by atoms with Gasteiger partial charge in [-0.25, -0.2) is 8.42 Å². The molecule has 0 aliphatic carbocycles. The predicted molar refractivity (Wildman–Crippen MR) is 74.3 cm³/mol. The third-order valence-corrected chi connectivity index (χ3v) is 4.31. The van der Waals surface area contributed by atoms with Crippen LogP contribution in [-0.4, -0.2) is 44.7 Å². The second-order valence-corrected chi connectivity index (χ2v) is 6.76. The van der Waals surface area contributed by atoms with Gasteiger partial charge in [0.1, 0.15) is 0 Å². The summed E-state index contributed by atoms with van der Waals surface area (Å²) in [5, 5.41) is 2.64. The molecule has 0 atom stereocenters. The summed E-state index contributed by atoms with van der Waals surface area (Å²) < 4.78 is 23.3. The molecule has 100 valence electrons. The van der Waals surface area contributed by atoms with Crippen molar-refractivity contribution in [2.24, 2.45) is 0 Å². The Bertz CT molecular complexity index is 512. The van der Waals surface area contributed by atoms with Gasteiger partial charge in [-0.15, -0.1) is 11.8 Å². The molecule has 0 bridgehead atoms. The summed E-state index contributed by atoms with van der Waals surface area (Å²) in [6, 6.07) is 7.34. The lowest BCUT2D eigenvalue weighted by molar-refractivity contribution is -0.116. The van der Waals surface area contributed by atoms with Gasteiger partial charge in [-0.3, -0.25) is 4.79 Å². The van der Waals surface area contributed by atoms with E-state index in [0.29, 0.717) is 5.69 Å². The average molecular weight is 288 g/mol. The number of nitrogens with one attached hydrogen (secondary N) is 1. The Morgan fingerprint density at radius 1 is 1.33 bits per heavy atom. The summed E-state index contributed by atoms with van der Waals surface area (Å²) in [6.07, 6.45) is 3.03. The Morgan fingerprint density at radius 3 is 2.33 bits per heavy atom. The second kappa shape index (κ2) is 6.21. The van der Waals surface area contributed by atoms with E-state index in [1.807, 2.05) is 18.4 Å². The van der Waals surface area contributed by atoms with Crippen LogP contribution in [0.15, 0.2) is 29.2 Å². The molecule has 18 heavy (non-hydrogen) atoms. The fraction of sp³-hybridized carbons (Fsp3) is 0.364. The van der Waals surface area contributed by atoms with Crippen LogP contribution in [0.1, 0.15) is 0 Å². The van der Waals surface area contributed by atoms with Crippen LogP contribution in [0.25, 0.3) is 0 Å². The minimum absolute atomic E-state index is 0.191. The maximum Gasteiger partial charge on any atom is 0.239 e. The van der Waals surface area contributed by atoms with Crippen molar-refractivity contribution in [2.45, 2.75) is 4.90 Å². The van der Waals surface area contributed by atoms with Crippen LogP contribution < -0.4 is 5.32 Å². The molecule has 7 heteroatoms. The monoisotopic (exact) mass is 288 g/mol. The second-order valence-electron chi connectivity index (χ2n) is 3.80. The summed E-state index contributed by atoms with van der Waals surface area (Å²) in [4.78, 5) is 12.7. The maximum atomic E-state index is 11.6. The molecule has 0 spiro atoms. The topological polar surface area (TPSA) is 66.5 Å². The molecule has 0 unspecified atom stereocenters.